The Balaban J connectivity index is 2.14. The lowest BCUT2D eigenvalue weighted by Crippen LogP contribution is -2.42. The molecule has 1 unspecified atom stereocenters. The fourth-order valence-electron chi connectivity index (χ4n) is 1.92. The smallest absolute Gasteiger partial charge is 0.327 e. The van der Waals surface area contributed by atoms with Crippen molar-refractivity contribution >= 4 is 40.2 Å². The molecule has 7 heteroatoms. The molecule has 0 radical (unpaired) electrons. The molecule has 0 saturated heterocycles. The van der Waals surface area contributed by atoms with Gasteiger partial charge in [0.25, 0.3) is 0 Å². The second-order valence-corrected chi connectivity index (χ2v) is 6.76. The van der Waals surface area contributed by atoms with Crippen molar-refractivity contribution in [3.8, 4) is 0 Å². The lowest BCUT2D eigenvalue weighted by atomic mass is 10.1. The van der Waals surface area contributed by atoms with E-state index in [0.717, 1.165) is 25.8 Å². The normalized spacial score (nSPS) is 11.5. The van der Waals surface area contributed by atoms with Gasteiger partial charge in [0.15, 0.2) is 0 Å². The highest BCUT2D eigenvalue weighted by Gasteiger charge is 2.18. The molecule has 0 fully saturated rings. The molecule has 0 saturated carbocycles. The number of rotatable bonds is 9. The Kier molecular flexibility index (Phi) is 9.31. The highest BCUT2D eigenvalue weighted by Crippen LogP contribution is 2.07. The molecule has 3 N–H and O–H groups in total. The van der Waals surface area contributed by atoms with Crippen LogP contribution in [0.1, 0.15) is 25.3 Å². The van der Waals surface area contributed by atoms with Gasteiger partial charge in [0.05, 0.1) is 0 Å². The zero-order valence-corrected chi connectivity index (χ0v) is 14.7. The van der Waals surface area contributed by atoms with Gasteiger partial charge in [-0.25, -0.2) is 4.79 Å². The number of thioether (sulfide) groups is 1. The van der Waals surface area contributed by atoms with Gasteiger partial charge in [-0.15, -0.1) is 0 Å². The second-order valence-electron chi connectivity index (χ2n) is 5.06. The van der Waals surface area contributed by atoms with E-state index in [4.69, 9.17) is 17.3 Å². The standard InChI is InChI=1S/C16H22N2O3S2/c1-12(19)18-14(15(20)21)11-23-16(22)17-10-6-5-9-13-7-3-2-4-8-13/h2-4,7-8,14H,5-6,9-11H2,1H3,(H,17,22)(H,18,19)(H,20,21). The van der Waals surface area contributed by atoms with E-state index in [2.05, 4.69) is 22.8 Å². The first kappa shape index (κ1) is 19.4. The molecule has 23 heavy (non-hydrogen) atoms. The van der Waals surface area contributed by atoms with E-state index < -0.39 is 12.0 Å². The maximum atomic E-state index is 11.0. The van der Waals surface area contributed by atoms with Gasteiger partial charge in [0, 0.05) is 19.2 Å². The molecule has 5 nitrogen and oxygen atoms in total. The van der Waals surface area contributed by atoms with Crippen molar-refractivity contribution in [1.82, 2.24) is 10.6 Å². The van der Waals surface area contributed by atoms with Crippen LogP contribution in [0.15, 0.2) is 30.3 Å². The van der Waals surface area contributed by atoms with Crippen molar-refractivity contribution in [2.24, 2.45) is 0 Å². The molecule has 0 aliphatic rings. The Hall–Kier alpha value is -1.60. The van der Waals surface area contributed by atoms with Crippen molar-refractivity contribution in [3.05, 3.63) is 35.9 Å². The van der Waals surface area contributed by atoms with Gasteiger partial charge < -0.3 is 15.7 Å². The molecule has 1 atom stereocenters. The number of hydrogen-bond acceptors (Lipinski definition) is 4. The van der Waals surface area contributed by atoms with Crippen LogP contribution in [-0.4, -0.2) is 39.6 Å². The summed E-state index contributed by atoms with van der Waals surface area (Å²) in [6, 6.07) is 9.38. The summed E-state index contributed by atoms with van der Waals surface area (Å²) in [5, 5.41) is 14.5. The molecular formula is C16H22N2O3S2. The van der Waals surface area contributed by atoms with Gasteiger partial charge in [-0.2, -0.15) is 0 Å². The number of aliphatic carboxylic acids is 1. The van der Waals surface area contributed by atoms with Gasteiger partial charge in [-0.1, -0.05) is 54.3 Å². The van der Waals surface area contributed by atoms with Gasteiger partial charge in [-0.05, 0) is 24.8 Å². The number of thiocarbonyl (C=S) groups is 1. The van der Waals surface area contributed by atoms with Crippen molar-refractivity contribution < 1.29 is 14.7 Å². The zero-order chi connectivity index (χ0) is 17.1. The molecule has 126 valence electrons. The van der Waals surface area contributed by atoms with Gasteiger partial charge in [-0.3, -0.25) is 4.79 Å². The molecule has 0 spiro atoms. The summed E-state index contributed by atoms with van der Waals surface area (Å²) in [6.45, 7) is 2.06. The summed E-state index contributed by atoms with van der Waals surface area (Å²) in [7, 11) is 0. The van der Waals surface area contributed by atoms with Crippen molar-refractivity contribution in [1.29, 1.82) is 0 Å². The Morgan fingerprint density at radius 3 is 2.57 bits per heavy atom. The van der Waals surface area contributed by atoms with E-state index in [-0.39, 0.29) is 11.7 Å². The fraction of sp³-hybridized carbons (Fsp3) is 0.438. The third kappa shape index (κ3) is 9.20. The summed E-state index contributed by atoms with van der Waals surface area (Å²) < 4.78 is 0.557. The van der Waals surface area contributed by atoms with Crippen LogP contribution in [0.5, 0.6) is 0 Å². The lowest BCUT2D eigenvalue weighted by Gasteiger charge is -2.13. The summed E-state index contributed by atoms with van der Waals surface area (Å²) >= 11 is 6.40. The van der Waals surface area contributed by atoms with Crippen LogP contribution < -0.4 is 10.6 Å². The number of carbonyl (C=O) groups is 2. The number of carbonyl (C=O) groups excluding carboxylic acids is 1. The second kappa shape index (κ2) is 11.0. The molecule has 0 aliphatic carbocycles. The fourth-order valence-corrected chi connectivity index (χ4v) is 2.97. The molecule has 1 amide bonds. The first-order valence-corrected chi connectivity index (χ1v) is 8.83. The minimum absolute atomic E-state index is 0.213. The Morgan fingerprint density at radius 1 is 1.26 bits per heavy atom. The largest absolute Gasteiger partial charge is 0.480 e. The van der Waals surface area contributed by atoms with Crippen molar-refractivity contribution in [2.75, 3.05) is 12.3 Å². The maximum absolute atomic E-state index is 11.0. The van der Waals surface area contributed by atoms with Crippen LogP contribution in [0, 0.1) is 0 Å². The molecule has 1 rings (SSSR count). The van der Waals surface area contributed by atoms with Crippen LogP contribution in [0.2, 0.25) is 0 Å². The van der Waals surface area contributed by atoms with Crippen LogP contribution >= 0.6 is 24.0 Å². The molecule has 0 bridgehead atoms. The highest BCUT2D eigenvalue weighted by molar-refractivity contribution is 8.23. The number of unbranched alkanes of at least 4 members (excludes halogenated alkanes) is 1. The summed E-state index contributed by atoms with van der Waals surface area (Å²) in [5.74, 6) is -1.21. The number of carboxylic acids is 1. The highest BCUT2D eigenvalue weighted by atomic mass is 32.2. The first-order valence-electron chi connectivity index (χ1n) is 7.43. The average molecular weight is 354 g/mol. The average Bonchev–Trinajstić information content (AvgIpc) is 2.51. The topological polar surface area (TPSA) is 78.4 Å². The Bertz CT molecular complexity index is 523. The molecular weight excluding hydrogens is 332 g/mol. The van der Waals surface area contributed by atoms with Gasteiger partial charge in [0.1, 0.15) is 10.4 Å². The SMILES string of the molecule is CC(=O)NC(CSC(=S)NCCCCc1ccccc1)C(=O)O. The quantitative estimate of drug-likeness (QED) is 0.466. The number of hydrogen-bond donors (Lipinski definition) is 3. The van der Waals surface area contributed by atoms with E-state index in [1.165, 1.54) is 24.2 Å². The third-order valence-electron chi connectivity index (χ3n) is 3.06. The van der Waals surface area contributed by atoms with E-state index >= 15 is 0 Å². The Labute approximate surface area is 146 Å². The lowest BCUT2D eigenvalue weighted by molar-refractivity contribution is -0.140. The number of amides is 1. The summed E-state index contributed by atoms with van der Waals surface area (Å²) in [4.78, 5) is 21.9. The number of carboxylic acid groups (broad SMARTS) is 1. The van der Waals surface area contributed by atoms with Crippen LogP contribution in [0.4, 0.5) is 0 Å². The predicted octanol–water partition coefficient (Wildman–Crippen LogP) is 2.21. The summed E-state index contributed by atoms with van der Waals surface area (Å²) in [6.07, 6.45) is 3.09. The van der Waals surface area contributed by atoms with E-state index in [1.54, 1.807) is 0 Å². The van der Waals surface area contributed by atoms with Gasteiger partial charge >= 0.3 is 5.97 Å². The van der Waals surface area contributed by atoms with E-state index in [9.17, 15) is 9.59 Å². The van der Waals surface area contributed by atoms with Crippen LogP contribution in [0.3, 0.4) is 0 Å². The number of aryl methyl sites for hydroxylation is 1. The predicted molar refractivity (Wildman–Crippen MR) is 97.7 cm³/mol. The minimum Gasteiger partial charge on any atom is -0.480 e. The van der Waals surface area contributed by atoms with Crippen LogP contribution in [0.25, 0.3) is 0 Å². The molecule has 0 heterocycles. The summed E-state index contributed by atoms with van der Waals surface area (Å²) in [5.41, 5.74) is 1.32. The Morgan fingerprint density at radius 2 is 1.96 bits per heavy atom. The van der Waals surface area contributed by atoms with Crippen molar-refractivity contribution in [2.45, 2.75) is 32.2 Å². The minimum atomic E-state index is -1.06. The zero-order valence-electron chi connectivity index (χ0n) is 13.1. The third-order valence-corrected chi connectivity index (χ3v) is 4.47. The molecule has 1 aromatic carbocycles. The van der Waals surface area contributed by atoms with Crippen LogP contribution in [-0.2, 0) is 16.0 Å². The number of nitrogens with one attached hydrogen (secondary N) is 2. The van der Waals surface area contributed by atoms with Crippen molar-refractivity contribution in [3.63, 3.8) is 0 Å². The van der Waals surface area contributed by atoms with E-state index in [1.807, 2.05) is 18.2 Å². The molecule has 1 aromatic rings. The maximum Gasteiger partial charge on any atom is 0.327 e. The molecule has 0 aliphatic heterocycles. The van der Waals surface area contributed by atoms with E-state index in [0.29, 0.717) is 4.32 Å². The first-order chi connectivity index (χ1) is 11.0. The molecule has 0 aromatic heterocycles. The number of benzene rings is 1. The van der Waals surface area contributed by atoms with Gasteiger partial charge in [0.2, 0.25) is 5.91 Å². The monoisotopic (exact) mass is 354 g/mol.